The molecule has 0 radical (unpaired) electrons. The highest BCUT2D eigenvalue weighted by Crippen LogP contribution is 2.25. The first kappa shape index (κ1) is 20.3. The van der Waals surface area contributed by atoms with Gasteiger partial charge >= 0.3 is 0 Å². The van der Waals surface area contributed by atoms with Crippen LogP contribution < -0.4 is 15.4 Å². The fraction of sp³-hybridized carbons (Fsp3) is 0.562. The van der Waals surface area contributed by atoms with Crippen LogP contribution in [0.25, 0.3) is 0 Å². The number of rotatable bonds is 6. The van der Waals surface area contributed by atoms with Gasteiger partial charge in [-0.1, -0.05) is 0 Å². The summed E-state index contributed by atoms with van der Waals surface area (Å²) in [5.74, 6) is 2.47. The van der Waals surface area contributed by atoms with Crippen LogP contribution in [0, 0.1) is 5.82 Å². The van der Waals surface area contributed by atoms with Gasteiger partial charge in [-0.05, 0) is 49.8 Å². The SMILES string of the molecule is CN=C(NCC(C)Oc1ccc(F)cc1)NCC1CCCS1.I. The number of hydrogen-bond donors (Lipinski definition) is 2. The molecule has 2 N–H and O–H groups in total. The van der Waals surface area contributed by atoms with Crippen molar-refractivity contribution in [1.29, 1.82) is 0 Å². The van der Waals surface area contributed by atoms with Gasteiger partial charge in [0.2, 0.25) is 0 Å². The maximum absolute atomic E-state index is 12.8. The lowest BCUT2D eigenvalue weighted by Crippen LogP contribution is -2.43. The molecule has 0 aromatic heterocycles. The minimum Gasteiger partial charge on any atom is -0.489 e. The van der Waals surface area contributed by atoms with Crippen molar-refractivity contribution in [1.82, 2.24) is 10.6 Å². The van der Waals surface area contributed by atoms with Crippen molar-refractivity contribution < 1.29 is 9.13 Å². The van der Waals surface area contributed by atoms with Crippen molar-refractivity contribution in [2.45, 2.75) is 31.1 Å². The Hall–Kier alpha value is -0.700. The topological polar surface area (TPSA) is 45.7 Å². The summed E-state index contributed by atoms with van der Waals surface area (Å²) in [7, 11) is 1.77. The maximum atomic E-state index is 12.8. The number of aliphatic imine (C=N–C) groups is 1. The van der Waals surface area contributed by atoms with E-state index in [-0.39, 0.29) is 35.9 Å². The largest absolute Gasteiger partial charge is 0.489 e. The van der Waals surface area contributed by atoms with E-state index < -0.39 is 0 Å². The minimum absolute atomic E-state index is 0. The van der Waals surface area contributed by atoms with E-state index >= 15 is 0 Å². The summed E-state index contributed by atoms with van der Waals surface area (Å²) >= 11 is 2.02. The number of halogens is 2. The van der Waals surface area contributed by atoms with E-state index in [9.17, 15) is 4.39 Å². The summed E-state index contributed by atoms with van der Waals surface area (Å²) < 4.78 is 18.6. The van der Waals surface area contributed by atoms with Gasteiger partial charge in [-0.25, -0.2) is 4.39 Å². The number of benzene rings is 1. The number of guanidine groups is 1. The average Bonchev–Trinajstić information content (AvgIpc) is 3.03. The van der Waals surface area contributed by atoms with Crippen LogP contribution in [0.5, 0.6) is 5.75 Å². The standard InChI is InChI=1S/C16H24FN3OS.HI/c1-12(21-14-7-5-13(17)6-8-14)10-19-16(18-2)20-11-15-4-3-9-22-15;/h5-8,12,15H,3-4,9-11H2,1-2H3,(H2,18,19,20);1H. The monoisotopic (exact) mass is 453 g/mol. The lowest BCUT2D eigenvalue weighted by Gasteiger charge is -2.18. The van der Waals surface area contributed by atoms with Gasteiger partial charge in [-0.15, -0.1) is 24.0 Å². The van der Waals surface area contributed by atoms with Crippen LogP contribution in [0.4, 0.5) is 4.39 Å². The van der Waals surface area contributed by atoms with Crippen LogP contribution in [0.3, 0.4) is 0 Å². The molecular weight excluding hydrogens is 428 g/mol. The quantitative estimate of drug-likeness (QED) is 0.395. The van der Waals surface area contributed by atoms with Gasteiger partial charge in [-0.3, -0.25) is 4.99 Å². The molecule has 1 saturated heterocycles. The molecule has 0 saturated carbocycles. The molecule has 4 nitrogen and oxygen atoms in total. The van der Waals surface area contributed by atoms with E-state index in [0.29, 0.717) is 17.5 Å². The molecule has 1 heterocycles. The van der Waals surface area contributed by atoms with E-state index in [2.05, 4.69) is 15.6 Å². The highest BCUT2D eigenvalue weighted by Gasteiger charge is 2.15. The fourth-order valence-corrected chi connectivity index (χ4v) is 3.47. The zero-order valence-electron chi connectivity index (χ0n) is 13.5. The molecule has 0 spiro atoms. The first-order valence-corrected chi connectivity index (χ1v) is 8.70. The van der Waals surface area contributed by atoms with Crippen molar-refractivity contribution in [2.24, 2.45) is 4.99 Å². The van der Waals surface area contributed by atoms with Gasteiger partial charge < -0.3 is 15.4 Å². The van der Waals surface area contributed by atoms with E-state index in [4.69, 9.17) is 4.74 Å². The van der Waals surface area contributed by atoms with Gasteiger partial charge in [0.05, 0.1) is 6.54 Å². The molecule has 1 aromatic rings. The minimum atomic E-state index is -0.257. The molecular formula is C16H25FIN3OS. The summed E-state index contributed by atoms with van der Waals surface area (Å²) in [5, 5.41) is 7.29. The third kappa shape index (κ3) is 7.60. The van der Waals surface area contributed by atoms with Crippen molar-refractivity contribution in [3.05, 3.63) is 30.1 Å². The van der Waals surface area contributed by atoms with E-state index in [0.717, 1.165) is 12.5 Å². The van der Waals surface area contributed by atoms with E-state index in [1.54, 1.807) is 19.2 Å². The Bertz CT molecular complexity index is 481. The number of hydrogen-bond acceptors (Lipinski definition) is 3. The molecule has 0 aliphatic carbocycles. The summed E-state index contributed by atoms with van der Waals surface area (Å²) in [6, 6.07) is 6.07. The first-order chi connectivity index (χ1) is 10.7. The molecule has 2 rings (SSSR count). The lowest BCUT2D eigenvalue weighted by atomic mass is 10.2. The predicted molar refractivity (Wildman–Crippen MR) is 107 cm³/mol. The molecule has 23 heavy (non-hydrogen) atoms. The summed E-state index contributed by atoms with van der Waals surface area (Å²) in [4.78, 5) is 4.22. The predicted octanol–water partition coefficient (Wildman–Crippen LogP) is 3.27. The van der Waals surface area contributed by atoms with Crippen LogP contribution in [0.1, 0.15) is 19.8 Å². The van der Waals surface area contributed by atoms with E-state index in [1.807, 2.05) is 18.7 Å². The average molecular weight is 453 g/mol. The Morgan fingerprint density at radius 3 is 2.74 bits per heavy atom. The molecule has 1 aromatic carbocycles. The second kappa shape index (κ2) is 11.0. The highest BCUT2D eigenvalue weighted by molar-refractivity contribution is 14.0. The first-order valence-electron chi connectivity index (χ1n) is 7.65. The molecule has 1 aliphatic rings. The molecule has 7 heteroatoms. The Kier molecular flexibility index (Phi) is 9.69. The molecule has 2 unspecified atom stereocenters. The zero-order chi connectivity index (χ0) is 15.8. The van der Waals surface area contributed by atoms with Gasteiger partial charge in [0.1, 0.15) is 17.7 Å². The third-order valence-electron chi connectivity index (χ3n) is 3.45. The van der Waals surface area contributed by atoms with Crippen molar-refractivity contribution in [3.63, 3.8) is 0 Å². The van der Waals surface area contributed by atoms with Crippen molar-refractivity contribution in [2.75, 3.05) is 25.9 Å². The normalized spacial score (nSPS) is 18.9. The third-order valence-corrected chi connectivity index (χ3v) is 4.85. The summed E-state index contributed by atoms with van der Waals surface area (Å²) in [6.45, 7) is 3.54. The molecule has 130 valence electrons. The number of ether oxygens (including phenoxy) is 1. The van der Waals surface area contributed by atoms with Crippen LogP contribution in [-0.2, 0) is 0 Å². The molecule has 0 amide bonds. The van der Waals surface area contributed by atoms with Crippen LogP contribution in [-0.4, -0.2) is 43.2 Å². The van der Waals surface area contributed by atoms with Crippen LogP contribution in [0.2, 0.25) is 0 Å². The fourth-order valence-electron chi connectivity index (χ4n) is 2.26. The van der Waals surface area contributed by atoms with Gasteiger partial charge in [0.15, 0.2) is 5.96 Å². The van der Waals surface area contributed by atoms with Gasteiger partial charge in [0.25, 0.3) is 0 Å². The van der Waals surface area contributed by atoms with Crippen LogP contribution >= 0.6 is 35.7 Å². The second-order valence-corrected chi connectivity index (χ2v) is 6.76. The van der Waals surface area contributed by atoms with Crippen LogP contribution in [0.15, 0.2) is 29.3 Å². The van der Waals surface area contributed by atoms with Gasteiger partial charge in [-0.2, -0.15) is 11.8 Å². The Morgan fingerprint density at radius 1 is 1.39 bits per heavy atom. The Labute approximate surface area is 159 Å². The lowest BCUT2D eigenvalue weighted by molar-refractivity contribution is 0.223. The summed E-state index contributed by atoms with van der Waals surface area (Å²) in [6.07, 6.45) is 2.55. The Morgan fingerprint density at radius 2 is 2.13 bits per heavy atom. The van der Waals surface area contributed by atoms with E-state index in [1.165, 1.54) is 30.7 Å². The second-order valence-electron chi connectivity index (χ2n) is 5.35. The van der Waals surface area contributed by atoms with Crippen molar-refractivity contribution in [3.8, 4) is 5.75 Å². The molecule has 1 fully saturated rings. The Balaban J connectivity index is 0.00000264. The highest BCUT2D eigenvalue weighted by atomic mass is 127. The summed E-state index contributed by atoms with van der Waals surface area (Å²) in [5.41, 5.74) is 0. The molecule has 1 aliphatic heterocycles. The smallest absolute Gasteiger partial charge is 0.191 e. The molecule has 2 atom stereocenters. The number of nitrogens with one attached hydrogen (secondary N) is 2. The molecule has 0 bridgehead atoms. The maximum Gasteiger partial charge on any atom is 0.191 e. The zero-order valence-corrected chi connectivity index (χ0v) is 16.7. The van der Waals surface area contributed by atoms with Gasteiger partial charge in [0, 0.05) is 18.8 Å². The number of nitrogens with zero attached hydrogens (tertiary/aromatic N) is 1. The number of thioether (sulfide) groups is 1. The van der Waals surface area contributed by atoms with Crippen molar-refractivity contribution >= 4 is 41.7 Å².